The molecule has 0 N–H and O–H groups in total. The maximum absolute atomic E-state index is 17.4. The predicted molar refractivity (Wildman–Crippen MR) is 192 cm³/mol. The first-order chi connectivity index (χ1) is 25.4. The van der Waals surface area contributed by atoms with E-state index in [1.165, 1.54) is 7.11 Å². The molecule has 1 aromatic carbocycles. The highest BCUT2D eigenvalue weighted by Gasteiger charge is 2.53. The number of piperazine rings is 1. The minimum atomic E-state index is -0.930. The quantitative estimate of drug-likeness (QED) is 0.231. The molecule has 5 atom stereocenters. The fraction of sp³-hybridized carbons (Fsp3) is 0.632. The second kappa shape index (κ2) is 12.9. The van der Waals surface area contributed by atoms with Crippen LogP contribution in [0.1, 0.15) is 77.2 Å². The Kier molecular flexibility index (Phi) is 8.54. The van der Waals surface area contributed by atoms with E-state index in [0.717, 1.165) is 50.6 Å². The van der Waals surface area contributed by atoms with Gasteiger partial charge in [-0.15, -0.1) is 0 Å². The van der Waals surface area contributed by atoms with Crippen LogP contribution in [0.5, 0.6) is 17.6 Å². The predicted octanol–water partition coefficient (Wildman–Crippen LogP) is 6.65. The van der Waals surface area contributed by atoms with Crippen LogP contribution in [0.4, 0.5) is 19.4 Å². The zero-order chi connectivity index (χ0) is 36.8. The Morgan fingerprint density at radius 2 is 1.92 bits per heavy atom. The monoisotopic (exact) mass is 754 g/mol. The van der Waals surface area contributed by atoms with E-state index in [2.05, 4.69) is 9.80 Å². The second-order valence-corrected chi connectivity index (χ2v) is 16.8. The summed E-state index contributed by atoms with van der Waals surface area (Å²) in [6.45, 7) is 7.52. The standard InChI is InChI=1S/C38H45ClF2N6O6/c1-37(2,3)53-36(48)47-22-8-9-26(47)27-17-50-34-29-32(30(41)31(42-34)24-12-23(52-19-49-4)13-25(39)28(24)20-6-7-20)43-35(44-33(29)46(27)16-22)51-18-38-10-5-11-45(38)15-21(40)14-38/h12-13,20-22,26-27H,5-11,14-19H2,1-4H3/t21-,22+,26-,27+,38-/m0/s1. The number of ether oxygens (including phenoxy) is 5. The smallest absolute Gasteiger partial charge is 0.410 e. The van der Waals surface area contributed by atoms with E-state index in [1.807, 2.05) is 25.7 Å². The molecule has 6 aliphatic rings. The van der Waals surface area contributed by atoms with Crippen LogP contribution in [0.15, 0.2) is 12.1 Å². The minimum absolute atomic E-state index is 0.00164. The number of halogens is 3. The number of alkyl halides is 1. The van der Waals surface area contributed by atoms with Crippen LogP contribution in [0.2, 0.25) is 5.02 Å². The molecule has 3 aromatic rings. The van der Waals surface area contributed by atoms with Crippen molar-refractivity contribution in [1.29, 1.82) is 0 Å². The molecule has 53 heavy (non-hydrogen) atoms. The average Bonchev–Trinajstić information content (AvgIpc) is 3.72. The lowest BCUT2D eigenvalue weighted by Gasteiger charge is -2.46. The third-order valence-corrected chi connectivity index (χ3v) is 12.0. The molecule has 15 heteroatoms. The summed E-state index contributed by atoms with van der Waals surface area (Å²) >= 11 is 6.86. The van der Waals surface area contributed by atoms with Crippen LogP contribution in [0, 0.1) is 5.82 Å². The third kappa shape index (κ3) is 6.08. The summed E-state index contributed by atoms with van der Waals surface area (Å²) < 4.78 is 61.7. The number of carbonyl (C=O) groups excluding carboxylic acids is 1. The molecule has 9 rings (SSSR count). The van der Waals surface area contributed by atoms with Crippen molar-refractivity contribution in [2.45, 2.75) is 107 Å². The molecular formula is C38H45ClF2N6O6. The largest absolute Gasteiger partial charge is 0.475 e. The first-order valence-electron chi connectivity index (χ1n) is 18.7. The van der Waals surface area contributed by atoms with Gasteiger partial charge in [-0.2, -0.15) is 9.97 Å². The summed E-state index contributed by atoms with van der Waals surface area (Å²) in [7, 11) is 1.52. The molecule has 1 aliphatic carbocycles. The first kappa shape index (κ1) is 35.0. The Morgan fingerprint density at radius 3 is 2.70 bits per heavy atom. The number of benzene rings is 1. The Bertz CT molecular complexity index is 1960. The van der Waals surface area contributed by atoms with Crippen molar-refractivity contribution in [3.8, 4) is 28.9 Å². The molecule has 2 aromatic heterocycles. The molecule has 5 fully saturated rings. The number of hydrogen-bond donors (Lipinski definition) is 0. The Hall–Kier alpha value is -3.75. The number of pyridine rings is 1. The van der Waals surface area contributed by atoms with Crippen molar-refractivity contribution in [3.63, 3.8) is 0 Å². The number of nitrogens with zero attached hydrogens (tertiary/aromatic N) is 6. The van der Waals surface area contributed by atoms with Crippen LogP contribution in [-0.4, -0.2) is 113 Å². The molecule has 284 valence electrons. The summed E-state index contributed by atoms with van der Waals surface area (Å²) in [6.07, 6.45) is 4.20. The summed E-state index contributed by atoms with van der Waals surface area (Å²) in [5.41, 5.74) is 0.204. The van der Waals surface area contributed by atoms with E-state index < -0.39 is 23.1 Å². The summed E-state index contributed by atoms with van der Waals surface area (Å²) in [4.78, 5) is 34.2. The van der Waals surface area contributed by atoms with Crippen molar-refractivity contribution in [2.24, 2.45) is 0 Å². The average molecular weight is 755 g/mol. The van der Waals surface area contributed by atoms with Crippen molar-refractivity contribution < 1.29 is 37.3 Å². The lowest BCUT2D eigenvalue weighted by Crippen LogP contribution is -2.63. The number of rotatable bonds is 8. The Balaban J connectivity index is 1.17. The van der Waals surface area contributed by atoms with E-state index in [0.29, 0.717) is 47.1 Å². The summed E-state index contributed by atoms with van der Waals surface area (Å²) in [5.74, 6) is 0.518. The fourth-order valence-corrected chi connectivity index (χ4v) is 9.70. The number of amides is 1. The van der Waals surface area contributed by atoms with E-state index in [1.54, 1.807) is 12.1 Å². The highest BCUT2D eigenvalue weighted by molar-refractivity contribution is 6.32. The van der Waals surface area contributed by atoms with Crippen molar-refractivity contribution in [1.82, 2.24) is 24.8 Å². The van der Waals surface area contributed by atoms with Gasteiger partial charge in [0, 0.05) is 37.2 Å². The summed E-state index contributed by atoms with van der Waals surface area (Å²) in [5, 5.41) is 0.789. The maximum Gasteiger partial charge on any atom is 0.410 e. The number of aromatic nitrogens is 3. The van der Waals surface area contributed by atoms with E-state index >= 15 is 4.39 Å². The number of methoxy groups -OCH3 is 1. The molecule has 1 amide bonds. The lowest BCUT2D eigenvalue weighted by molar-refractivity contribution is 0.00537. The number of fused-ring (bicyclic) bond motifs is 6. The first-order valence-corrected chi connectivity index (χ1v) is 19.1. The van der Waals surface area contributed by atoms with Gasteiger partial charge in [-0.05, 0) is 89.5 Å². The molecule has 0 spiro atoms. The highest BCUT2D eigenvalue weighted by atomic mass is 35.5. The molecule has 4 saturated heterocycles. The normalized spacial score (nSPS) is 27.8. The van der Waals surface area contributed by atoms with Crippen molar-refractivity contribution in [3.05, 3.63) is 28.5 Å². The topological polar surface area (TPSA) is 112 Å². The SMILES string of the molecule is COCOc1cc(Cl)c(C2CC2)c(-c2nc3c4c(nc(OC[C@@]56CCCN5C[C@@H](F)C6)nc4c2F)N2C[C@H]4CC[C@@H]([C@H]2CO3)N4C(=O)OC(C)(C)C)c1. The van der Waals surface area contributed by atoms with Gasteiger partial charge in [0.15, 0.2) is 12.6 Å². The molecular weight excluding hydrogens is 710 g/mol. The number of carbonyl (C=O) groups is 1. The minimum Gasteiger partial charge on any atom is -0.475 e. The maximum atomic E-state index is 17.4. The van der Waals surface area contributed by atoms with Crippen LogP contribution in [-0.2, 0) is 9.47 Å². The van der Waals surface area contributed by atoms with E-state index in [-0.39, 0.29) is 73.2 Å². The van der Waals surface area contributed by atoms with Gasteiger partial charge in [0.05, 0.1) is 23.7 Å². The molecule has 1 saturated carbocycles. The molecule has 0 radical (unpaired) electrons. The Morgan fingerprint density at radius 1 is 1.09 bits per heavy atom. The van der Waals surface area contributed by atoms with Crippen molar-refractivity contribution in [2.75, 3.05) is 51.7 Å². The Labute approximate surface area is 312 Å². The molecule has 5 aliphatic heterocycles. The second-order valence-electron chi connectivity index (χ2n) is 16.4. The summed E-state index contributed by atoms with van der Waals surface area (Å²) in [6, 6.07) is 2.73. The third-order valence-electron chi connectivity index (χ3n) is 11.7. The van der Waals surface area contributed by atoms with Gasteiger partial charge in [0.1, 0.15) is 53.2 Å². The number of hydrogen-bond acceptors (Lipinski definition) is 11. The van der Waals surface area contributed by atoms with Gasteiger partial charge < -0.3 is 28.6 Å². The zero-order valence-electron chi connectivity index (χ0n) is 30.5. The van der Waals surface area contributed by atoms with Crippen LogP contribution in [0.25, 0.3) is 22.2 Å². The van der Waals surface area contributed by atoms with Crippen LogP contribution < -0.4 is 19.1 Å². The van der Waals surface area contributed by atoms with Crippen LogP contribution in [0.3, 0.4) is 0 Å². The molecule has 7 heterocycles. The number of anilines is 1. The van der Waals surface area contributed by atoms with Crippen molar-refractivity contribution >= 4 is 34.4 Å². The molecule has 12 nitrogen and oxygen atoms in total. The van der Waals surface area contributed by atoms with Gasteiger partial charge >= 0.3 is 12.1 Å². The van der Waals surface area contributed by atoms with Gasteiger partial charge in [-0.25, -0.2) is 18.6 Å². The lowest BCUT2D eigenvalue weighted by atomic mass is 9.95. The van der Waals surface area contributed by atoms with Crippen LogP contribution >= 0.6 is 11.6 Å². The fourth-order valence-electron chi connectivity index (χ4n) is 9.34. The van der Waals surface area contributed by atoms with Gasteiger partial charge in [-0.1, -0.05) is 11.6 Å². The van der Waals surface area contributed by atoms with Gasteiger partial charge in [-0.3, -0.25) is 9.80 Å². The van der Waals surface area contributed by atoms with Gasteiger partial charge in [0.2, 0.25) is 5.88 Å². The van der Waals surface area contributed by atoms with E-state index in [9.17, 15) is 9.18 Å². The molecule has 0 unspecified atom stereocenters. The zero-order valence-corrected chi connectivity index (χ0v) is 31.3. The highest BCUT2D eigenvalue weighted by Crippen LogP contribution is 2.51. The molecule has 2 bridgehead atoms. The van der Waals surface area contributed by atoms with Gasteiger partial charge in [0.25, 0.3) is 0 Å². The van der Waals surface area contributed by atoms with E-state index in [4.69, 9.17) is 50.2 Å².